The summed E-state index contributed by atoms with van der Waals surface area (Å²) in [6.45, 7) is 2.12. The third-order valence-electron chi connectivity index (χ3n) is 4.39. The molecule has 3 rings (SSSR count). The number of nitrogens with zero attached hydrogens (tertiary/aromatic N) is 1. The fourth-order valence-corrected chi connectivity index (χ4v) is 3.84. The summed E-state index contributed by atoms with van der Waals surface area (Å²) in [4.78, 5) is 15.3. The maximum absolute atomic E-state index is 12.9. The van der Waals surface area contributed by atoms with Gasteiger partial charge in [0, 0.05) is 0 Å². The van der Waals surface area contributed by atoms with E-state index in [1.165, 1.54) is 12.8 Å². The average molecular weight is 312 g/mol. The van der Waals surface area contributed by atoms with Crippen molar-refractivity contribution < 1.29 is 9.21 Å². The van der Waals surface area contributed by atoms with Crippen molar-refractivity contribution in [3.05, 3.63) is 22.6 Å². The van der Waals surface area contributed by atoms with Crippen LogP contribution in [0, 0.1) is 0 Å². The highest BCUT2D eigenvalue weighted by Gasteiger charge is 2.48. The summed E-state index contributed by atoms with van der Waals surface area (Å²) in [6.07, 6.45) is 8.30. The summed E-state index contributed by atoms with van der Waals surface area (Å²) in [5, 5.41) is 0. The predicted octanol–water partition coefficient (Wildman–Crippen LogP) is 3.63. The molecular weight excluding hydrogens is 294 g/mol. The Kier molecular flexibility index (Phi) is 3.32. The van der Waals surface area contributed by atoms with Crippen molar-refractivity contribution in [1.29, 1.82) is 0 Å². The van der Waals surface area contributed by atoms with Crippen LogP contribution in [0.25, 0.3) is 0 Å². The molecule has 1 aromatic heterocycles. The largest absolute Gasteiger partial charge is 0.460 e. The van der Waals surface area contributed by atoms with Crippen LogP contribution in [-0.2, 0) is 0 Å². The number of rotatable bonds is 3. The minimum absolute atomic E-state index is 0.179. The van der Waals surface area contributed by atoms with E-state index in [2.05, 4.69) is 20.8 Å². The topological polar surface area (TPSA) is 33.5 Å². The summed E-state index contributed by atoms with van der Waals surface area (Å²) in [6, 6.07) is 1.81. The van der Waals surface area contributed by atoms with Crippen LogP contribution < -0.4 is 0 Å². The van der Waals surface area contributed by atoms with Crippen LogP contribution in [0.4, 0.5) is 0 Å². The zero-order chi connectivity index (χ0) is 12.6. The maximum atomic E-state index is 12.9. The van der Waals surface area contributed by atoms with Crippen molar-refractivity contribution in [1.82, 2.24) is 4.90 Å². The van der Waals surface area contributed by atoms with Crippen molar-refractivity contribution in [2.24, 2.45) is 0 Å². The SMILES string of the molecule is O=C(c1occc1Br)C1(N2CCCC2)CCCC1. The van der Waals surface area contributed by atoms with E-state index in [1.54, 1.807) is 12.3 Å². The Morgan fingerprint density at radius 2 is 1.89 bits per heavy atom. The van der Waals surface area contributed by atoms with Crippen molar-refractivity contribution in [3.8, 4) is 0 Å². The Bertz CT molecular complexity index is 442. The van der Waals surface area contributed by atoms with Gasteiger partial charge in [0.25, 0.3) is 0 Å². The fourth-order valence-electron chi connectivity index (χ4n) is 3.46. The highest BCUT2D eigenvalue weighted by molar-refractivity contribution is 9.10. The van der Waals surface area contributed by atoms with E-state index in [-0.39, 0.29) is 11.3 Å². The molecule has 2 aliphatic rings. The molecule has 98 valence electrons. The Hall–Kier alpha value is -0.610. The van der Waals surface area contributed by atoms with E-state index in [4.69, 9.17) is 4.42 Å². The highest BCUT2D eigenvalue weighted by atomic mass is 79.9. The molecule has 18 heavy (non-hydrogen) atoms. The fraction of sp³-hybridized carbons (Fsp3) is 0.643. The molecule has 1 aliphatic heterocycles. The molecular formula is C14H18BrNO2. The van der Waals surface area contributed by atoms with E-state index in [9.17, 15) is 4.79 Å². The lowest BCUT2D eigenvalue weighted by Crippen LogP contribution is -2.51. The second kappa shape index (κ2) is 4.82. The highest BCUT2D eigenvalue weighted by Crippen LogP contribution is 2.41. The van der Waals surface area contributed by atoms with Gasteiger partial charge in [-0.05, 0) is 60.8 Å². The first-order chi connectivity index (χ1) is 8.74. The molecule has 0 aromatic carbocycles. The smallest absolute Gasteiger partial charge is 0.219 e. The van der Waals surface area contributed by atoms with Crippen LogP contribution >= 0.6 is 15.9 Å². The van der Waals surface area contributed by atoms with Crippen LogP contribution in [0.5, 0.6) is 0 Å². The minimum Gasteiger partial charge on any atom is -0.460 e. The molecule has 1 saturated carbocycles. The zero-order valence-corrected chi connectivity index (χ0v) is 12.0. The minimum atomic E-state index is -0.281. The summed E-state index contributed by atoms with van der Waals surface area (Å²) >= 11 is 3.41. The molecule has 0 bridgehead atoms. The Morgan fingerprint density at radius 1 is 1.22 bits per heavy atom. The number of hydrogen-bond donors (Lipinski definition) is 0. The molecule has 0 atom stereocenters. The molecule has 0 amide bonds. The number of hydrogen-bond acceptors (Lipinski definition) is 3. The van der Waals surface area contributed by atoms with Crippen LogP contribution in [0.1, 0.15) is 49.1 Å². The summed E-state index contributed by atoms with van der Waals surface area (Å²) in [5.41, 5.74) is -0.281. The molecule has 0 unspecified atom stereocenters. The van der Waals surface area contributed by atoms with E-state index >= 15 is 0 Å². The van der Waals surface area contributed by atoms with Gasteiger partial charge < -0.3 is 4.42 Å². The van der Waals surface area contributed by atoms with Crippen LogP contribution in [0.3, 0.4) is 0 Å². The Balaban J connectivity index is 1.94. The zero-order valence-electron chi connectivity index (χ0n) is 10.5. The Labute approximate surface area is 116 Å². The molecule has 0 spiro atoms. The van der Waals surface area contributed by atoms with Gasteiger partial charge >= 0.3 is 0 Å². The number of furan rings is 1. The maximum Gasteiger partial charge on any atom is 0.219 e. The first-order valence-electron chi connectivity index (χ1n) is 6.77. The molecule has 0 radical (unpaired) electrons. The quantitative estimate of drug-likeness (QED) is 0.799. The van der Waals surface area contributed by atoms with Gasteiger partial charge in [0.1, 0.15) is 0 Å². The summed E-state index contributed by atoms with van der Waals surface area (Å²) < 4.78 is 6.19. The number of Topliss-reactive ketones (excluding diaryl/α,β-unsaturated/α-hetero) is 1. The molecule has 1 aromatic rings. The lowest BCUT2D eigenvalue weighted by Gasteiger charge is -2.36. The van der Waals surface area contributed by atoms with Crippen molar-refractivity contribution in [3.63, 3.8) is 0 Å². The van der Waals surface area contributed by atoms with E-state index in [1.807, 2.05) is 0 Å². The molecule has 2 heterocycles. The van der Waals surface area contributed by atoms with Crippen molar-refractivity contribution in [2.75, 3.05) is 13.1 Å². The average Bonchev–Trinajstić information content (AvgIpc) is 3.10. The second-order valence-electron chi connectivity index (χ2n) is 5.36. The first kappa shape index (κ1) is 12.4. The van der Waals surface area contributed by atoms with E-state index in [0.29, 0.717) is 5.76 Å². The van der Waals surface area contributed by atoms with Gasteiger partial charge in [-0.2, -0.15) is 0 Å². The van der Waals surface area contributed by atoms with Crippen LogP contribution in [0.2, 0.25) is 0 Å². The third kappa shape index (κ3) is 1.86. The Morgan fingerprint density at radius 3 is 2.44 bits per heavy atom. The van der Waals surface area contributed by atoms with Crippen LogP contribution in [-0.4, -0.2) is 29.3 Å². The monoisotopic (exact) mass is 311 g/mol. The second-order valence-corrected chi connectivity index (χ2v) is 6.21. The lowest BCUT2D eigenvalue weighted by molar-refractivity contribution is 0.0595. The summed E-state index contributed by atoms with van der Waals surface area (Å²) in [5.74, 6) is 0.683. The number of carbonyl (C=O) groups is 1. The lowest BCUT2D eigenvalue weighted by atomic mass is 9.88. The van der Waals surface area contributed by atoms with Crippen LogP contribution in [0.15, 0.2) is 21.2 Å². The van der Waals surface area contributed by atoms with Gasteiger partial charge in [-0.3, -0.25) is 9.69 Å². The predicted molar refractivity (Wildman–Crippen MR) is 72.7 cm³/mol. The van der Waals surface area contributed by atoms with Gasteiger partial charge in [0.05, 0.1) is 16.3 Å². The number of likely N-dealkylation sites (tertiary alicyclic amines) is 1. The molecule has 2 fully saturated rings. The normalized spacial score (nSPS) is 23.6. The van der Waals surface area contributed by atoms with Crippen molar-refractivity contribution >= 4 is 21.7 Å². The third-order valence-corrected chi connectivity index (χ3v) is 5.01. The van der Waals surface area contributed by atoms with Gasteiger partial charge in [0.15, 0.2) is 5.76 Å². The van der Waals surface area contributed by atoms with Gasteiger partial charge in [-0.1, -0.05) is 12.8 Å². The number of ketones is 1. The summed E-state index contributed by atoms with van der Waals surface area (Å²) in [7, 11) is 0. The number of halogens is 1. The van der Waals surface area contributed by atoms with Gasteiger partial charge in [0.2, 0.25) is 5.78 Å². The molecule has 4 heteroatoms. The standard InChI is InChI=1S/C14H18BrNO2/c15-11-5-10-18-12(11)13(17)14(6-1-2-7-14)16-8-3-4-9-16/h5,10H,1-4,6-9H2. The van der Waals surface area contributed by atoms with Gasteiger partial charge in [-0.25, -0.2) is 0 Å². The van der Waals surface area contributed by atoms with Crippen molar-refractivity contribution in [2.45, 2.75) is 44.1 Å². The molecule has 0 N–H and O–H groups in total. The first-order valence-corrected chi connectivity index (χ1v) is 7.56. The molecule has 1 aliphatic carbocycles. The van der Waals surface area contributed by atoms with Gasteiger partial charge in [-0.15, -0.1) is 0 Å². The number of carbonyl (C=O) groups excluding carboxylic acids is 1. The molecule has 1 saturated heterocycles. The van der Waals surface area contributed by atoms with E-state index < -0.39 is 0 Å². The van der Waals surface area contributed by atoms with E-state index in [0.717, 1.165) is 43.2 Å². The molecule has 3 nitrogen and oxygen atoms in total.